The van der Waals surface area contributed by atoms with Gasteiger partial charge in [-0.05, 0) is 42.7 Å². The molecule has 19 heavy (non-hydrogen) atoms. The van der Waals surface area contributed by atoms with Gasteiger partial charge in [-0.3, -0.25) is 9.78 Å². The molecule has 1 N–H and O–H groups in total. The zero-order chi connectivity index (χ0) is 13.1. The number of nitrogens with one attached hydrogen (secondary N) is 1. The summed E-state index contributed by atoms with van der Waals surface area (Å²) in [6, 6.07) is 13.9. The molecule has 2 aromatic rings. The third-order valence-electron chi connectivity index (χ3n) is 3.28. The van der Waals surface area contributed by atoms with Gasteiger partial charge in [0, 0.05) is 29.9 Å². The number of carbonyl (C=O) groups excluding carboxylic acids is 1. The Hall–Kier alpha value is -2.16. The Morgan fingerprint density at radius 3 is 2.58 bits per heavy atom. The summed E-state index contributed by atoms with van der Waals surface area (Å²) in [6.07, 6.45) is 4.68. The van der Waals surface area contributed by atoms with Crippen LogP contribution in [0.5, 0.6) is 0 Å². The molecule has 0 unspecified atom stereocenters. The molecule has 1 aliphatic carbocycles. The minimum absolute atomic E-state index is 0.150. The van der Waals surface area contributed by atoms with Gasteiger partial charge in [0.15, 0.2) is 0 Å². The van der Waals surface area contributed by atoms with E-state index in [-0.39, 0.29) is 11.8 Å². The Kier molecular flexibility index (Phi) is 3.27. The molecule has 1 aliphatic rings. The third kappa shape index (κ3) is 3.19. The third-order valence-corrected chi connectivity index (χ3v) is 3.28. The van der Waals surface area contributed by atoms with E-state index in [1.54, 1.807) is 6.20 Å². The van der Waals surface area contributed by atoms with Crippen LogP contribution in [0.3, 0.4) is 0 Å². The predicted molar refractivity (Wildman–Crippen MR) is 74.8 cm³/mol. The second-order valence-electron chi connectivity index (χ2n) is 4.96. The van der Waals surface area contributed by atoms with Crippen LogP contribution in [-0.4, -0.2) is 10.9 Å². The highest BCUT2D eigenvalue weighted by Crippen LogP contribution is 2.30. The molecule has 0 bridgehead atoms. The van der Waals surface area contributed by atoms with E-state index in [1.807, 2.05) is 42.5 Å². The van der Waals surface area contributed by atoms with Gasteiger partial charge in [-0.15, -0.1) is 0 Å². The fraction of sp³-hybridized carbons (Fsp3) is 0.250. The maximum absolute atomic E-state index is 11.6. The maximum Gasteiger partial charge on any atom is 0.227 e. The van der Waals surface area contributed by atoms with Crippen molar-refractivity contribution < 1.29 is 4.79 Å². The van der Waals surface area contributed by atoms with Crippen molar-refractivity contribution in [2.24, 2.45) is 5.92 Å². The first kappa shape index (κ1) is 11.9. The minimum Gasteiger partial charge on any atom is -0.326 e. The van der Waals surface area contributed by atoms with Crippen molar-refractivity contribution >= 4 is 11.6 Å². The topological polar surface area (TPSA) is 42.0 Å². The van der Waals surface area contributed by atoms with Crippen LogP contribution in [0.2, 0.25) is 0 Å². The SMILES string of the molecule is O=C(Nc1ccc(Cc2ccccn2)cc1)C1CC1. The van der Waals surface area contributed by atoms with Gasteiger partial charge in [-0.25, -0.2) is 0 Å². The first-order chi connectivity index (χ1) is 9.31. The Balaban J connectivity index is 1.63. The largest absolute Gasteiger partial charge is 0.326 e. The molecule has 96 valence electrons. The molecule has 3 rings (SSSR count). The summed E-state index contributed by atoms with van der Waals surface area (Å²) in [5, 5.41) is 2.94. The number of pyridine rings is 1. The summed E-state index contributed by atoms with van der Waals surface area (Å²) < 4.78 is 0. The van der Waals surface area contributed by atoms with E-state index >= 15 is 0 Å². The number of aromatic nitrogens is 1. The molecule has 0 saturated heterocycles. The Morgan fingerprint density at radius 2 is 1.95 bits per heavy atom. The number of anilines is 1. The van der Waals surface area contributed by atoms with Crippen LogP contribution < -0.4 is 5.32 Å². The van der Waals surface area contributed by atoms with Crippen LogP contribution in [0.1, 0.15) is 24.1 Å². The van der Waals surface area contributed by atoms with Crippen molar-refractivity contribution in [3.05, 3.63) is 59.9 Å². The second-order valence-corrected chi connectivity index (χ2v) is 4.96. The summed E-state index contributed by atoms with van der Waals surface area (Å²) in [4.78, 5) is 15.9. The highest BCUT2D eigenvalue weighted by atomic mass is 16.2. The van der Waals surface area contributed by atoms with Crippen LogP contribution in [0, 0.1) is 5.92 Å². The van der Waals surface area contributed by atoms with Crippen LogP contribution in [-0.2, 0) is 11.2 Å². The van der Waals surface area contributed by atoms with Gasteiger partial charge < -0.3 is 5.32 Å². The first-order valence-corrected chi connectivity index (χ1v) is 6.61. The fourth-order valence-corrected chi connectivity index (χ4v) is 2.01. The minimum atomic E-state index is 0.150. The van der Waals surface area contributed by atoms with Crippen molar-refractivity contribution in [2.75, 3.05) is 5.32 Å². The number of amides is 1. The van der Waals surface area contributed by atoms with Crippen LogP contribution in [0.25, 0.3) is 0 Å². The molecule has 3 nitrogen and oxygen atoms in total. The molecule has 0 aliphatic heterocycles. The summed E-state index contributed by atoms with van der Waals surface area (Å²) in [5.41, 5.74) is 3.13. The predicted octanol–water partition coefficient (Wildman–Crippen LogP) is 3.02. The van der Waals surface area contributed by atoms with Crippen molar-refractivity contribution in [1.82, 2.24) is 4.98 Å². The van der Waals surface area contributed by atoms with Gasteiger partial charge in [0.25, 0.3) is 0 Å². The van der Waals surface area contributed by atoms with E-state index in [1.165, 1.54) is 5.56 Å². The molecule has 1 aromatic heterocycles. The Morgan fingerprint density at radius 1 is 1.16 bits per heavy atom. The molecule has 0 radical (unpaired) electrons. The summed E-state index contributed by atoms with van der Waals surface area (Å²) >= 11 is 0. The number of benzene rings is 1. The van der Waals surface area contributed by atoms with Gasteiger partial charge in [0.1, 0.15) is 0 Å². The lowest BCUT2D eigenvalue weighted by Crippen LogP contribution is -2.13. The average Bonchev–Trinajstić information content (AvgIpc) is 3.27. The van der Waals surface area contributed by atoms with E-state index in [0.717, 1.165) is 30.6 Å². The van der Waals surface area contributed by atoms with Crippen LogP contribution in [0.15, 0.2) is 48.7 Å². The van der Waals surface area contributed by atoms with Gasteiger partial charge in [0.2, 0.25) is 5.91 Å². The number of rotatable bonds is 4. The molecular weight excluding hydrogens is 236 g/mol. The smallest absolute Gasteiger partial charge is 0.227 e. The lowest BCUT2D eigenvalue weighted by Gasteiger charge is -2.06. The molecule has 1 fully saturated rings. The van der Waals surface area contributed by atoms with Crippen molar-refractivity contribution in [1.29, 1.82) is 0 Å². The first-order valence-electron chi connectivity index (χ1n) is 6.61. The van der Waals surface area contributed by atoms with E-state index in [9.17, 15) is 4.79 Å². The standard InChI is InChI=1S/C16H16N2O/c19-16(13-6-7-13)18-14-8-4-12(5-9-14)11-15-3-1-2-10-17-15/h1-5,8-10,13H,6-7,11H2,(H,18,19). The fourth-order valence-electron chi connectivity index (χ4n) is 2.01. The van der Waals surface area contributed by atoms with Crippen molar-refractivity contribution in [2.45, 2.75) is 19.3 Å². The Bertz CT molecular complexity index is 559. The highest BCUT2D eigenvalue weighted by Gasteiger charge is 2.29. The number of hydrogen-bond acceptors (Lipinski definition) is 2. The zero-order valence-electron chi connectivity index (χ0n) is 10.7. The highest BCUT2D eigenvalue weighted by molar-refractivity contribution is 5.93. The van der Waals surface area contributed by atoms with Gasteiger partial charge in [-0.2, -0.15) is 0 Å². The molecule has 3 heteroatoms. The van der Waals surface area contributed by atoms with Crippen molar-refractivity contribution in [3.8, 4) is 0 Å². The van der Waals surface area contributed by atoms with E-state index < -0.39 is 0 Å². The van der Waals surface area contributed by atoms with E-state index in [4.69, 9.17) is 0 Å². The monoisotopic (exact) mass is 252 g/mol. The quantitative estimate of drug-likeness (QED) is 0.908. The summed E-state index contributed by atoms with van der Waals surface area (Å²) in [6.45, 7) is 0. The molecule has 0 spiro atoms. The zero-order valence-corrected chi connectivity index (χ0v) is 10.7. The van der Waals surface area contributed by atoms with Gasteiger partial charge in [-0.1, -0.05) is 18.2 Å². The number of carbonyl (C=O) groups is 1. The van der Waals surface area contributed by atoms with E-state index in [0.29, 0.717) is 0 Å². The van der Waals surface area contributed by atoms with Crippen LogP contribution >= 0.6 is 0 Å². The molecular formula is C16H16N2O. The molecule has 1 aromatic carbocycles. The average molecular weight is 252 g/mol. The lowest BCUT2D eigenvalue weighted by molar-refractivity contribution is -0.117. The second kappa shape index (κ2) is 5.22. The molecule has 1 heterocycles. The lowest BCUT2D eigenvalue weighted by atomic mass is 10.1. The maximum atomic E-state index is 11.6. The summed E-state index contributed by atoms with van der Waals surface area (Å²) in [7, 11) is 0. The Labute approximate surface area is 112 Å². The normalized spacial score (nSPS) is 14.1. The van der Waals surface area contributed by atoms with E-state index in [2.05, 4.69) is 10.3 Å². The van der Waals surface area contributed by atoms with Crippen molar-refractivity contribution in [3.63, 3.8) is 0 Å². The van der Waals surface area contributed by atoms with Gasteiger partial charge >= 0.3 is 0 Å². The number of hydrogen-bond donors (Lipinski definition) is 1. The summed E-state index contributed by atoms with van der Waals surface area (Å²) in [5.74, 6) is 0.394. The molecule has 1 amide bonds. The van der Waals surface area contributed by atoms with Gasteiger partial charge in [0.05, 0.1) is 0 Å². The molecule has 0 atom stereocenters. The number of nitrogens with zero attached hydrogens (tertiary/aromatic N) is 1. The molecule has 1 saturated carbocycles. The van der Waals surface area contributed by atoms with Crippen LogP contribution in [0.4, 0.5) is 5.69 Å².